The molecule has 9 heteroatoms. The summed E-state index contributed by atoms with van der Waals surface area (Å²) in [4.78, 5) is 25.9. The molecule has 166 valence electrons. The number of benzene rings is 2. The molecule has 3 rings (SSSR count). The number of nitrogens with zero attached hydrogens (tertiary/aromatic N) is 1. The first kappa shape index (κ1) is 22.8. The predicted molar refractivity (Wildman–Crippen MR) is 118 cm³/mol. The maximum Gasteiger partial charge on any atom is 0.261 e. The summed E-state index contributed by atoms with van der Waals surface area (Å²) in [5, 5.41) is 2.72. The summed E-state index contributed by atoms with van der Waals surface area (Å²) in [6, 6.07) is 12.7. The molecule has 0 radical (unpaired) electrons. The van der Waals surface area contributed by atoms with Crippen molar-refractivity contribution in [3.63, 3.8) is 0 Å². The number of hydrogen-bond acceptors (Lipinski definition) is 5. The van der Waals surface area contributed by atoms with Gasteiger partial charge in [-0.3, -0.25) is 14.3 Å². The monoisotopic (exact) mass is 445 g/mol. The van der Waals surface area contributed by atoms with Crippen LogP contribution < -0.4 is 10.0 Å². The summed E-state index contributed by atoms with van der Waals surface area (Å²) in [6.07, 6.45) is 0.261. The normalized spacial score (nSPS) is 14.4. The molecule has 0 unspecified atom stereocenters. The van der Waals surface area contributed by atoms with Crippen LogP contribution in [0.1, 0.15) is 19.4 Å². The highest BCUT2D eigenvalue weighted by Crippen LogP contribution is 2.19. The summed E-state index contributed by atoms with van der Waals surface area (Å²) in [6.45, 7) is 5.85. The smallest absolute Gasteiger partial charge is 0.261 e. The quantitative estimate of drug-likeness (QED) is 0.681. The van der Waals surface area contributed by atoms with Crippen LogP contribution in [-0.2, 0) is 30.8 Å². The lowest BCUT2D eigenvalue weighted by atomic mass is 10.1. The van der Waals surface area contributed by atoms with E-state index in [1.807, 2.05) is 0 Å². The molecule has 1 saturated heterocycles. The molecule has 0 bridgehead atoms. The lowest BCUT2D eigenvalue weighted by Crippen LogP contribution is -2.41. The van der Waals surface area contributed by atoms with E-state index in [0.717, 1.165) is 5.56 Å². The molecule has 0 spiro atoms. The van der Waals surface area contributed by atoms with E-state index in [-0.39, 0.29) is 29.0 Å². The van der Waals surface area contributed by atoms with Crippen LogP contribution in [0.15, 0.2) is 53.4 Å². The first-order valence-electron chi connectivity index (χ1n) is 10.1. The van der Waals surface area contributed by atoms with Crippen molar-refractivity contribution in [3.05, 3.63) is 54.1 Å². The molecule has 0 saturated carbocycles. The minimum Gasteiger partial charge on any atom is -0.378 e. The van der Waals surface area contributed by atoms with Gasteiger partial charge in [0.05, 0.1) is 24.5 Å². The van der Waals surface area contributed by atoms with Crippen LogP contribution in [0.2, 0.25) is 0 Å². The van der Waals surface area contributed by atoms with Gasteiger partial charge in [-0.1, -0.05) is 26.0 Å². The van der Waals surface area contributed by atoms with Crippen LogP contribution in [0.25, 0.3) is 0 Å². The molecule has 1 aliphatic rings. The molecule has 0 aromatic heterocycles. The molecular weight excluding hydrogens is 418 g/mol. The van der Waals surface area contributed by atoms with E-state index >= 15 is 0 Å². The number of amides is 2. The van der Waals surface area contributed by atoms with Gasteiger partial charge in [0, 0.05) is 30.4 Å². The maximum absolute atomic E-state index is 12.6. The highest BCUT2D eigenvalue weighted by atomic mass is 32.2. The molecule has 8 nitrogen and oxygen atoms in total. The van der Waals surface area contributed by atoms with Crippen molar-refractivity contribution in [1.82, 2.24) is 4.90 Å². The topological polar surface area (TPSA) is 105 Å². The summed E-state index contributed by atoms with van der Waals surface area (Å²) >= 11 is 0. The van der Waals surface area contributed by atoms with Crippen molar-refractivity contribution in [3.8, 4) is 0 Å². The average Bonchev–Trinajstić information content (AvgIpc) is 2.76. The van der Waals surface area contributed by atoms with E-state index in [2.05, 4.69) is 10.0 Å². The molecule has 2 aromatic carbocycles. The first-order chi connectivity index (χ1) is 14.7. The van der Waals surface area contributed by atoms with Crippen LogP contribution in [0.5, 0.6) is 0 Å². The Morgan fingerprint density at radius 2 is 1.55 bits per heavy atom. The SMILES string of the molecule is CC(C)C(=O)Nc1ccc(S(=O)(=O)Nc2ccc(CC(=O)N3CCOCC3)cc2)cc1. The number of carbonyl (C=O) groups is 2. The second kappa shape index (κ2) is 9.93. The zero-order valence-electron chi connectivity index (χ0n) is 17.6. The summed E-state index contributed by atoms with van der Waals surface area (Å²) < 4.78 is 33.1. The average molecular weight is 446 g/mol. The van der Waals surface area contributed by atoms with E-state index in [4.69, 9.17) is 4.74 Å². The van der Waals surface area contributed by atoms with Gasteiger partial charge in [-0.25, -0.2) is 8.42 Å². The highest BCUT2D eigenvalue weighted by Gasteiger charge is 2.18. The van der Waals surface area contributed by atoms with Crippen LogP contribution >= 0.6 is 0 Å². The summed E-state index contributed by atoms with van der Waals surface area (Å²) in [5.41, 5.74) is 1.75. The molecule has 1 aliphatic heterocycles. The molecular formula is C22H27N3O5S. The minimum atomic E-state index is -3.78. The van der Waals surface area contributed by atoms with Crippen molar-refractivity contribution < 1.29 is 22.7 Å². The Balaban J connectivity index is 1.60. The van der Waals surface area contributed by atoms with Crippen molar-refractivity contribution in [2.45, 2.75) is 25.2 Å². The number of hydrogen-bond donors (Lipinski definition) is 2. The van der Waals surface area contributed by atoms with Crippen LogP contribution in [-0.4, -0.2) is 51.4 Å². The van der Waals surface area contributed by atoms with E-state index in [0.29, 0.717) is 37.7 Å². The molecule has 31 heavy (non-hydrogen) atoms. The van der Waals surface area contributed by atoms with Crippen LogP contribution in [0.4, 0.5) is 11.4 Å². The summed E-state index contributed by atoms with van der Waals surface area (Å²) in [7, 11) is -3.78. The maximum atomic E-state index is 12.6. The zero-order chi connectivity index (χ0) is 22.4. The molecule has 2 N–H and O–H groups in total. The Kier molecular flexibility index (Phi) is 7.29. The number of anilines is 2. The lowest BCUT2D eigenvalue weighted by molar-refractivity contribution is -0.134. The van der Waals surface area contributed by atoms with Gasteiger partial charge >= 0.3 is 0 Å². The van der Waals surface area contributed by atoms with Crippen molar-refractivity contribution in [2.24, 2.45) is 5.92 Å². The van der Waals surface area contributed by atoms with Crippen LogP contribution in [0, 0.1) is 5.92 Å². The van der Waals surface area contributed by atoms with Gasteiger partial charge in [0.15, 0.2) is 0 Å². The van der Waals surface area contributed by atoms with E-state index in [9.17, 15) is 18.0 Å². The Morgan fingerprint density at radius 1 is 0.968 bits per heavy atom. The van der Waals surface area contributed by atoms with E-state index in [1.165, 1.54) is 12.1 Å². The third-order valence-corrected chi connectivity index (χ3v) is 6.28. The van der Waals surface area contributed by atoms with Gasteiger partial charge in [0.25, 0.3) is 10.0 Å². The van der Waals surface area contributed by atoms with Crippen molar-refractivity contribution >= 4 is 33.2 Å². The Morgan fingerprint density at radius 3 is 2.13 bits per heavy atom. The second-order valence-electron chi connectivity index (χ2n) is 7.64. The highest BCUT2D eigenvalue weighted by molar-refractivity contribution is 7.92. The van der Waals surface area contributed by atoms with Gasteiger partial charge < -0.3 is 15.0 Å². The minimum absolute atomic E-state index is 0.0290. The summed E-state index contributed by atoms with van der Waals surface area (Å²) in [5.74, 6) is -0.278. The van der Waals surface area contributed by atoms with Crippen molar-refractivity contribution in [2.75, 3.05) is 36.3 Å². The predicted octanol–water partition coefficient (Wildman–Crippen LogP) is 2.48. The lowest BCUT2D eigenvalue weighted by Gasteiger charge is -2.26. The van der Waals surface area contributed by atoms with Crippen molar-refractivity contribution in [1.29, 1.82) is 0 Å². The molecule has 2 aromatic rings. The Labute approximate surface area is 182 Å². The van der Waals surface area contributed by atoms with Gasteiger partial charge in [0.1, 0.15) is 0 Å². The molecule has 1 fully saturated rings. The number of morpholine rings is 1. The fraction of sp³-hybridized carbons (Fsp3) is 0.364. The molecule has 1 heterocycles. The number of ether oxygens (including phenoxy) is 1. The first-order valence-corrected chi connectivity index (χ1v) is 11.6. The standard InChI is InChI=1S/C22H27N3O5S/c1-16(2)22(27)23-18-7-9-20(10-8-18)31(28,29)24-19-5-3-17(4-6-19)15-21(26)25-11-13-30-14-12-25/h3-10,16,24H,11-15H2,1-2H3,(H,23,27). The Bertz CT molecular complexity index is 1010. The van der Waals surface area contributed by atoms with E-state index in [1.54, 1.807) is 55.1 Å². The largest absolute Gasteiger partial charge is 0.378 e. The van der Waals surface area contributed by atoms with Gasteiger partial charge in [0.2, 0.25) is 11.8 Å². The molecule has 2 amide bonds. The third-order valence-electron chi connectivity index (χ3n) is 4.88. The Hall–Kier alpha value is -2.91. The third kappa shape index (κ3) is 6.28. The number of rotatable bonds is 7. The van der Waals surface area contributed by atoms with Crippen LogP contribution in [0.3, 0.4) is 0 Å². The molecule has 0 atom stereocenters. The zero-order valence-corrected chi connectivity index (χ0v) is 18.4. The number of carbonyl (C=O) groups excluding carboxylic acids is 2. The number of sulfonamides is 1. The fourth-order valence-electron chi connectivity index (χ4n) is 3.01. The van der Waals surface area contributed by atoms with Gasteiger partial charge in [-0.15, -0.1) is 0 Å². The number of nitrogens with one attached hydrogen (secondary N) is 2. The van der Waals surface area contributed by atoms with E-state index < -0.39 is 10.0 Å². The fourth-order valence-corrected chi connectivity index (χ4v) is 4.07. The van der Waals surface area contributed by atoms with Gasteiger partial charge in [-0.2, -0.15) is 0 Å². The van der Waals surface area contributed by atoms with Gasteiger partial charge in [-0.05, 0) is 42.0 Å². The second-order valence-corrected chi connectivity index (χ2v) is 9.32. The molecule has 0 aliphatic carbocycles.